The number of aliphatic hydroxyl groups excluding tert-OH is 1. The highest BCUT2D eigenvalue weighted by atomic mass is 16.5. The second-order valence-electron chi connectivity index (χ2n) is 7.52. The maximum Gasteiger partial charge on any atom is 0.316 e. The topological polar surface area (TPSA) is 80.7 Å². The fourth-order valence-electron chi connectivity index (χ4n) is 3.33. The van der Waals surface area contributed by atoms with Gasteiger partial charge in [0, 0.05) is 17.8 Å². The Balaban J connectivity index is 3.16. The molecule has 0 saturated carbocycles. The summed E-state index contributed by atoms with van der Waals surface area (Å²) in [5.41, 5.74) is 0. The molecule has 0 aromatic carbocycles. The van der Waals surface area contributed by atoms with Crippen LogP contribution in [-0.2, 0) is 19.1 Å². The standard InChI is InChI=1S/C20H32O5/c1-7-17-11(2)8-9-16(21)12(3)10-13(4)18(22)14(5)19(23)15(6)20(24)25-17/h8-9,11-15,17-18,22H,7,10H2,1-6H3. The summed E-state index contributed by atoms with van der Waals surface area (Å²) in [6.45, 7) is 10.6. The number of hydrogen-bond donors (Lipinski definition) is 1. The molecular formula is C20H32O5. The third kappa shape index (κ3) is 5.50. The maximum absolute atomic E-state index is 12.6. The van der Waals surface area contributed by atoms with Gasteiger partial charge in [-0.2, -0.15) is 0 Å². The van der Waals surface area contributed by atoms with Crippen LogP contribution in [0.3, 0.4) is 0 Å². The summed E-state index contributed by atoms with van der Waals surface area (Å²) in [6.07, 6.45) is 3.12. The number of Topliss-reactive ketones (excluding diaryl/α,β-unsaturated/α-hetero) is 1. The zero-order chi connectivity index (χ0) is 19.3. The van der Waals surface area contributed by atoms with Gasteiger partial charge in [-0.05, 0) is 31.8 Å². The van der Waals surface area contributed by atoms with Gasteiger partial charge in [0.15, 0.2) is 11.6 Å². The van der Waals surface area contributed by atoms with Crippen LogP contribution in [0.15, 0.2) is 12.2 Å². The van der Waals surface area contributed by atoms with Crippen LogP contribution in [-0.4, -0.2) is 34.9 Å². The third-order valence-corrected chi connectivity index (χ3v) is 5.36. The van der Waals surface area contributed by atoms with Crippen LogP contribution in [0.5, 0.6) is 0 Å². The quantitative estimate of drug-likeness (QED) is 0.580. The number of cyclic esters (lactones) is 1. The Hall–Kier alpha value is -1.49. The van der Waals surface area contributed by atoms with Gasteiger partial charge < -0.3 is 9.84 Å². The molecule has 0 aromatic rings. The minimum absolute atomic E-state index is 0.0171. The SMILES string of the molecule is CCC1OC(=O)C(C)C(=O)C(C)C(O)C(C)CC(C)C(=O)C=CC1C. The number of hydrogen-bond acceptors (Lipinski definition) is 5. The highest BCUT2D eigenvalue weighted by Gasteiger charge is 2.35. The van der Waals surface area contributed by atoms with Crippen molar-refractivity contribution in [3.63, 3.8) is 0 Å². The molecule has 1 aliphatic heterocycles. The van der Waals surface area contributed by atoms with Gasteiger partial charge in [0.05, 0.1) is 6.10 Å². The molecule has 0 fully saturated rings. The molecule has 1 N–H and O–H groups in total. The van der Waals surface area contributed by atoms with Crippen molar-refractivity contribution in [1.82, 2.24) is 0 Å². The predicted octanol–water partition coefficient (Wildman–Crippen LogP) is 2.95. The van der Waals surface area contributed by atoms with E-state index in [0.29, 0.717) is 12.8 Å². The molecule has 0 aromatic heterocycles. The van der Waals surface area contributed by atoms with Crippen LogP contribution in [0.1, 0.15) is 54.4 Å². The van der Waals surface area contributed by atoms with Gasteiger partial charge in [0.2, 0.25) is 0 Å². The van der Waals surface area contributed by atoms with Gasteiger partial charge in [-0.25, -0.2) is 0 Å². The molecule has 0 aliphatic carbocycles. The number of ether oxygens (including phenoxy) is 1. The molecule has 0 bridgehead atoms. The van der Waals surface area contributed by atoms with Crippen LogP contribution in [0.4, 0.5) is 0 Å². The van der Waals surface area contributed by atoms with Gasteiger partial charge in [-0.1, -0.05) is 40.7 Å². The third-order valence-electron chi connectivity index (χ3n) is 5.36. The summed E-state index contributed by atoms with van der Waals surface area (Å²) in [5, 5.41) is 10.5. The predicted molar refractivity (Wildman–Crippen MR) is 95.8 cm³/mol. The molecule has 0 saturated heterocycles. The lowest BCUT2D eigenvalue weighted by atomic mass is 9.81. The summed E-state index contributed by atoms with van der Waals surface area (Å²) in [4.78, 5) is 37.2. The molecule has 0 spiro atoms. The lowest BCUT2D eigenvalue weighted by Crippen LogP contribution is -2.39. The lowest BCUT2D eigenvalue weighted by molar-refractivity contribution is -0.159. The van der Waals surface area contributed by atoms with Crippen molar-refractivity contribution in [3.05, 3.63) is 12.2 Å². The lowest BCUT2D eigenvalue weighted by Gasteiger charge is -2.28. The Morgan fingerprint density at radius 2 is 1.72 bits per heavy atom. The van der Waals surface area contributed by atoms with E-state index in [1.807, 2.05) is 27.7 Å². The second-order valence-corrected chi connectivity index (χ2v) is 7.52. The highest BCUT2D eigenvalue weighted by molar-refractivity contribution is 6.00. The minimum Gasteiger partial charge on any atom is -0.461 e. The van der Waals surface area contributed by atoms with E-state index in [4.69, 9.17) is 4.74 Å². The summed E-state index contributed by atoms with van der Waals surface area (Å²) < 4.78 is 5.51. The fourth-order valence-corrected chi connectivity index (χ4v) is 3.33. The number of carbonyl (C=O) groups excluding carboxylic acids is 3. The van der Waals surface area contributed by atoms with Crippen LogP contribution in [0, 0.1) is 29.6 Å². The van der Waals surface area contributed by atoms with Crippen molar-refractivity contribution in [2.75, 3.05) is 0 Å². The molecule has 1 aliphatic rings. The van der Waals surface area contributed by atoms with Gasteiger partial charge in [0.1, 0.15) is 12.0 Å². The van der Waals surface area contributed by atoms with Crippen LogP contribution < -0.4 is 0 Å². The summed E-state index contributed by atoms with van der Waals surface area (Å²) in [5.74, 6) is -3.08. The molecule has 7 atom stereocenters. The van der Waals surface area contributed by atoms with E-state index in [1.54, 1.807) is 19.1 Å². The van der Waals surface area contributed by atoms with E-state index in [2.05, 4.69) is 0 Å². The Labute approximate surface area is 150 Å². The Bertz CT molecular complexity index is 524. The molecule has 25 heavy (non-hydrogen) atoms. The average molecular weight is 352 g/mol. The smallest absolute Gasteiger partial charge is 0.316 e. The first-order valence-electron chi connectivity index (χ1n) is 9.24. The normalized spacial score (nSPS) is 39.0. The van der Waals surface area contributed by atoms with Crippen molar-refractivity contribution in [2.45, 2.75) is 66.6 Å². The Morgan fingerprint density at radius 3 is 2.28 bits per heavy atom. The van der Waals surface area contributed by atoms with Crippen LogP contribution in [0.2, 0.25) is 0 Å². The molecular weight excluding hydrogens is 320 g/mol. The van der Waals surface area contributed by atoms with Crippen molar-refractivity contribution >= 4 is 17.5 Å². The first kappa shape index (κ1) is 21.6. The first-order valence-corrected chi connectivity index (χ1v) is 9.24. The number of rotatable bonds is 1. The molecule has 1 heterocycles. The van der Waals surface area contributed by atoms with Crippen molar-refractivity contribution < 1.29 is 24.2 Å². The molecule has 0 amide bonds. The molecule has 142 valence electrons. The summed E-state index contributed by atoms with van der Waals surface area (Å²) in [7, 11) is 0. The maximum atomic E-state index is 12.6. The molecule has 5 nitrogen and oxygen atoms in total. The van der Waals surface area contributed by atoms with Gasteiger partial charge in [-0.3, -0.25) is 14.4 Å². The Morgan fingerprint density at radius 1 is 1.12 bits per heavy atom. The molecule has 5 heteroatoms. The summed E-state index contributed by atoms with van der Waals surface area (Å²) >= 11 is 0. The van der Waals surface area contributed by atoms with Crippen molar-refractivity contribution in [1.29, 1.82) is 0 Å². The summed E-state index contributed by atoms with van der Waals surface area (Å²) in [6, 6.07) is 0. The van der Waals surface area contributed by atoms with E-state index in [-0.39, 0.29) is 35.4 Å². The van der Waals surface area contributed by atoms with E-state index < -0.39 is 23.9 Å². The number of aliphatic hydroxyl groups is 1. The van der Waals surface area contributed by atoms with Gasteiger partial charge >= 0.3 is 5.97 Å². The Kier molecular flexibility index (Phi) is 8.00. The zero-order valence-electron chi connectivity index (χ0n) is 16.2. The molecule has 0 radical (unpaired) electrons. The van der Waals surface area contributed by atoms with Gasteiger partial charge in [0.25, 0.3) is 0 Å². The number of carbonyl (C=O) groups is 3. The molecule has 7 unspecified atom stereocenters. The van der Waals surface area contributed by atoms with E-state index in [0.717, 1.165) is 0 Å². The second kappa shape index (κ2) is 9.27. The van der Waals surface area contributed by atoms with Crippen molar-refractivity contribution in [3.8, 4) is 0 Å². The van der Waals surface area contributed by atoms with Crippen LogP contribution >= 0.6 is 0 Å². The van der Waals surface area contributed by atoms with Crippen LogP contribution in [0.25, 0.3) is 0 Å². The average Bonchev–Trinajstić information content (AvgIpc) is 2.59. The molecule has 1 rings (SSSR count). The van der Waals surface area contributed by atoms with E-state index in [1.165, 1.54) is 6.92 Å². The highest BCUT2D eigenvalue weighted by Crippen LogP contribution is 2.25. The van der Waals surface area contributed by atoms with E-state index in [9.17, 15) is 19.5 Å². The van der Waals surface area contributed by atoms with Gasteiger partial charge in [-0.15, -0.1) is 0 Å². The largest absolute Gasteiger partial charge is 0.461 e. The number of allylic oxidation sites excluding steroid dienone is 1. The zero-order valence-corrected chi connectivity index (χ0v) is 16.2. The first-order chi connectivity index (χ1) is 11.6. The number of ketones is 2. The van der Waals surface area contributed by atoms with Crippen molar-refractivity contribution in [2.24, 2.45) is 29.6 Å². The van der Waals surface area contributed by atoms with E-state index >= 15 is 0 Å². The minimum atomic E-state index is -0.913. The number of esters is 1. The fraction of sp³-hybridized carbons (Fsp3) is 0.750. The monoisotopic (exact) mass is 352 g/mol.